The van der Waals surface area contributed by atoms with Gasteiger partial charge in [-0.05, 0) is 34.1 Å². The van der Waals surface area contributed by atoms with Crippen LogP contribution < -0.4 is 10.6 Å². The van der Waals surface area contributed by atoms with E-state index in [1.165, 1.54) is 0 Å². The summed E-state index contributed by atoms with van der Waals surface area (Å²) in [5, 5.41) is 14.6. The number of carbonyl (C=O) groups excluding carboxylic acids is 2. The first-order valence-corrected chi connectivity index (χ1v) is 11.9. The summed E-state index contributed by atoms with van der Waals surface area (Å²) in [4.78, 5) is 36.0. The molecule has 0 saturated carbocycles. The molecule has 1 aliphatic rings. The van der Waals surface area contributed by atoms with E-state index in [1.807, 2.05) is 45.0 Å². The molecule has 2 amide bonds. The Bertz CT molecular complexity index is 974. The van der Waals surface area contributed by atoms with Crippen LogP contribution in [0.2, 0.25) is 0 Å². The molecule has 182 valence electrons. The molecule has 34 heavy (non-hydrogen) atoms. The van der Waals surface area contributed by atoms with Gasteiger partial charge in [0.15, 0.2) is 0 Å². The van der Waals surface area contributed by atoms with Crippen LogP contribution in [-0.2, 0) is 14.3 Å². The molecule has 0 aromatic heterocycles. The summed E-state index contributed by atoms with van der Waals surface area (Å²) in [6.07, 6.45) is 0.233. The van der Waals surface area contributed by atoms with Crippen molar-refractivity contribution in [3.63, 3.8) is 0 Å². The zero-order valence-electron chi connectivity index (χ0n) is 20.0. The minimum absolute atomic E-state index is 0.0163. The number of rotatable bonds is 11. The summed E-state index contributed by atoms with van der Waals surface area (Å²) in [6, 6.07) is 15.9. The van der Waals surface area contributed by atoms with Gasteiger partial charge in [-0.15, -0.1) is 0 Å². The van der Waals surface area contributed by atoms with Crippen LogP contribution in [0.25, 0.3) is 11.1 Å². The minimum atomic E-state index is -0.877. The molecule has 2 aromatic rings. The quantitative estimate of drug-likeness (QED) is 0.450. The molecule has 2 atom stereocenters. The van der Waals surface area contributed by atoms with Crippen molar-refractivity contribution in [2.45, 2.75) is 52.0 Å². The van der Waals surface area contributed by atoms with Gasteiger partial charge in [0.25, 0.3) is 0 Å². The molecule has 0 heterocycles. The zero-order chi connectivity index (χ0) is 24.7. The number of ether oxygens (including phenoxy) is 1. The Morgan fingerprint density at radius 1 is 0.971 bits per heavy atom. The van der Waals surface area contributed by atoms with E-state index in [0.29, 0.717) is 13.0 Å². The highest BCUT2D eigenvalue weighted by Gasteiger charge is 2.29. The maximum atomic E-state index is 12.6. The van der Waals surface area contributed by atoms with Crippen LogP contribution >= 0.6 is 0 Å². The fourth-order valence-corrected chi connectivity index (χ4v) is 4.38. The molecule has 0 bridgehead atoms. The predicted octanol–water partition coefficient (Wildman–Crippen LogP) is 4.56. The first-order chi connectivity index (χ1) is 16.3. The molecule has 7 nitrogen and oxygen atoms in total. The molecule has 2 unspecified atom stereocenters. The molecule has 3 rings (SSSR count). The maximum Gasteiger partial charge on any atom is 0.407 e. The molecular formula is C27H34N2O5. The van der Waals surface area contributed by atoms with Crippen molar-refractivity contribution in [2.75, 3.05) is 13.2 Å². The van der Waals surface area contributed by atoms with E-state index in [1.54, 1.807) is 0 Å². The van der Waals surface area contributed by atoms with E-state index in [0.717, 1.165) is 22.3 Å². The predicted molar refractivity (Wildman–Crippen MR) is 130 cm³/mol. The van der Waals surface area contributed by atoms with Crippen molar-refractivity contribution >= 4 is 18.0 Å². The number of alkyl carbamates (subject to hydrolysis) is 1. The van der Waals surface area contributed by atoms with E-state index in [9.17, 15) is 14.4 Å². The van der Waals surface area contributed by atoms with Gasteiger partial charge in [-0.1, -0.05) is 75.7 Å². The van der Waals surface area contributed by atoms with Gasteiger partial charge >= 0.3 is 12.1 Å². The minimum Gasteiger partial charge on any atom is -0.481 e. The second-order valence-corrected chi connectivity index (χ2v) is 9.20. The molecule has 0 saturated heterocycles. The number of nitrogens with one attached hydrogen (secondary N) is 2. The number of carboxylic acids is 1. The van der Waals surface area contributed by atoms with Crippen LogP contribution in [-0.4, -0.2) is 42.3 Å². The average molecular weight is 467 g/mol. The molecule has 7 heteroatoms. The van der Waals surface area contributed by atoms with Crippen LogP contribution in [0.15, 0.2) is 48.5 Å². The molecule has 3 N–H and O–H groups in total. The number of aliphatic carboxylic acids is 1. The summed E-state index contributed by atoms with van der Waals surface area (Å²) in [6.45, 7) is 6.28. The molecule has 0 radical (unpaired) electrons. The molecule has 0 spiro atoms. The summed E-state index contributed by atoms with van der Waals surface area (Å²) in [7, 11) is 0. The Morgan fingerprint density at radius 3 is 2.09 bits per heavy atom. The summed E-state index contributed by atoms with van der Waals surface area (Å²) < 4.78 is 5.61. The normalized spacial score (nSPS) is 14.1. The molecular weight excluding hydrogens is 432 g/mol. The lowest BCUT2D eigenvalue weighted by Gasteiger charge is -2.23. The summed E-state index contributed by atoms with van der Waals surface area (Å²) in [5.41, 5.74) is 4.61. The van der Waals surface area contributed by atoms with Gasteiger partial charge in [-0.25, -0.2) is 4.79 Å². The second-order valence-electron chi connectivity index (χ2n) is 9.20. The number of amides is 2. The van der Waals surface area contributed by atoms with Gasteiger partial charge in [-0.2, -0.15) is 0 Å². The molecule has 1 aliphatic carbocycles. The Labute approximate surface area is 200 Å². The standard InChI is InChI=1S/C27H34N2O5/c1-4-18(13-26(31)32)15-28-25(30)14-24(17(2)3)29-27(33)34-16-23-21-11-7-5-9-19(21)20-10-6-8-12-22(20)23/h5-12,17-18,23-24H,4,13-16H2,1-3H3,(H,28,30)(H,29,33)(H,31,32). The number of carbonyl (C=O) groups is 3. The number of benzene rings is 2. The fourth-order valence-electron chi connectivity index (χ4n) is 4.38. The highest BCUT2D eigenvalue weighted by molar-refractivity contribution is 5.79. The van der Waals surface area contributed by atoms with Gasteiger partial charge in [0.05, 0.1) is 0 Å². The third kappa shape index (κ3) is 6.37. The van der Waals surface area contributed by atoms with Crippen molar-refractivity contribution < 1.29 is 24.2 Å². The van der Waals surface area contributed by atoms with Gasteiger partial charge in [0.2, 0.25) is 5.91 Å². The zero-order valence-corrected chi connectivity index (χ0v) is 20.0. The van der Waals surface area contributed by atoms with Crippen molar-refractivity contribution in [1.82, 2.24) is 10.6 Å². The van der Waals surface area contributed by atoms with Gasteiger partial charge in [0.1, 0.15) is 6.61 Å². The van der Waals surface area contributed by atoms with E-state index in [-0.39, 0.29) is 43.1 Å². The second kappa shape index (κ2) is 11.7. The molecule has 0 aliphatic heterocycles. The van der Waals surface area contributed by atoms with E-state index < -0.39 is 18.1 Å². The molecule has 0 fully saturated rings. The lowest BCUT2D eigenvalue weighted by Crippen LogP contribution is -2.43. The average Bonchev–Trinajstić information content (AvgIpc) is 3.13. The lowest BCUT2D eigenvalue weighted by atomic mass is 9.98. The Balaban J connectivity index is 1.54. The van der Waals surface area contributed by atoms with Gasteiger partial charge < -0.3 is 20.5 Å². The third-order valence-corrected chi connectivity index (χ3v) is 6.49. The first kappa shape index (κ1) is 25.3. The van der Waals surface area contributed by atoms with E-state index >= 15 is 0 Å². The largest absolute Gasteiger partial charge is 0.481 e. The van der Waals surface area contributed by atoms with Crippen LogP contribution in [0.1, 0.15) is 57.1 Å². The molecule has 2 aromatic carbocycles. The smallest absolute Gasteiger partial charge is 0.407 e. The Hall–Kier alpha value is -3.35. The monoisotopic (exact) mass is 466 g/mol. The Morgan fingerprint density at radius 2 is 1.56 bits per heavy atom. The van der Waals surface area contributed by atoms with Gasteiger partial charge in [-0.3, -0.25) is 9.59 Å². The number of carboxylic acid groups (broad SMARTS) is 1. The lowest BCUT2D eigenvalue weighted by molar-refractivity contribution is -0.138. The van der Waals surface area contributed by atoms with Crippen molar-refractivity contribution in [1.29, 1.82) is 0 Å². The fraction of sp³-hybridized carbons (Fsp3) is 0.444. The third-order valence-electron chi connectivity index (χ3n) is 6.49. The van der Waals surface area contributed by atoms with Crippen LogP contribution in [0.4, 0.5) is 4.79 Å². The number of hydrogen-bond acceptors (Lipinski definition) is 4. The summed E-state index contributed by atoms with van der Waals surface area (Å²) in [5.74, 6) is -1.22. The van der Waals surface area contributed by atoms with Crippen molar-refractivity contribution in [3.05, 3.63) is 59.7 Å². The van der Waals surface area contributed by atoms with E-state index in [4.69, 9.17) is 9.84 Å². The SMILES string of the molecule is CCC(CNC(=O)CC(NC(=O)OCC1c2ccccc2-c2ccccc21)C(C)C)CC(=O)O. The topological polar surface area (TPSA) is 105 Å². The van der Waals surface area contributed by atoms with Crippen molar-refractivity contribution in [3.8, 4) is 11.1 Å². The van der Waals surface area contributed by atoms with Crippen LogP contribution in [0, 0.1) is 11.8 Å². The number of hydrogen-bond donors (Lipinski definition) is 3. The number of fused-ring (bicyclic) bond motifs is 3. The van der Waals surface area contributed by atoms with E-state index in [2.05, 4.69) is 34.9 Å². The summed E-state index contributed by atoms with van der Waals surface area (Å²) >= 11 is 0. The van der Waals surface area contributed by atoms with Crippen LogP contribution in [0.5, 0.6) is 0 Å². The first-order valence-electron chi connectivity index (χ1n) is 11.9. The Kier molecular flexibility index (Phi) is 8.68. The highest BCUT2D eigenvalue weighted by Crippen LogP contribution is 2.44. The van der Waals surface area contributed by atoms with Crippen LogP contribution in [0.3, 0.4) is 0 Å². The van der Waals surface area contributed by atoms with Crippen molar-refractivity contribution in [2.24, 2.45) is 11.8 Å². The highest BCUT2D eigenvalue weighted by atomic mass is 16.5. The van der Waals surface area contributed by atoms with Gasteiger partial charge in [0, 0.05) is 31.3 Å². The maximum absolute atomic E-state index is 12.6.